The molecule has 0 saturated heterocycles. The van der Waals surface area contributed by atoms with Crippen LogP contribution in [0.4, 0.5) is 30.2 Å². The van der Waals surface area contributed by atoms with Gasteiger partial charge in [-0.05, 0) is 65.6 Å². The van der Waals surface area contributed by atoms with E-state index in [0.717, 1.165) is 40.4 Å². The average molecular weight is 584 g/mol. The fourth-order valence-corrected chi connectivity index (χ4v) is 5.46. The van der Waals surface area contributed by atoms with Crippen LogP contribution >= 0.6 is 0 Å². The number of alkyl halides is 3. The summed E-state index contributed by atoms with van der Waals surface area (Å²) in [5.41, 5.74) is 0.0698. The molecule has 0 atom stereocenters. The van der Waals surface area contributed by atoms with Gasteiger partial charge in [-0.15, -0.1) is 0 Å². The van der Waals surface area contributed by atoms with Crippen LogP contribution in [0.1, 0.15) is 31.9 Å². The molecule has 0 aliphatic carbocycles. The van der Waals surface area contributed by atoms with Crippen LogP contribution in [-0.2, 0) is 36.4 Å². The molecule has 8 nitrogen and oxygen atoms in total. The van der Waals surface area contributed by atoms with Crippen LogP contribution in [0.2, 0.25) is 0 Å². The van der Waals surface area contributed by atoms with E-state index in [2.05, 4.69) is 10.0 Å². The second kappa shape index (κ2) is 10.9. The van der Waals surface area contributed by atoms with Crippen LogP contribution in [-0.4, -0.2) is 35.5 Å². The first kappa shape index (κ1) is 30.0. The second-order valence-corrected chi connectivity index (χ2v) is 13.4. The Morgan fingerprint density at radius 2 is 1.41 bits per heavy atom. The molecule has 1 amide bonds. The predicted molar refractivity (Wildman–Crippen MR) is 145 cm³/mol. The number of hydrogen-bond donors (Lipinski definition) is 2. The van der Waals surface area contributed by atoms with Crippen LogP contribution < -0.4 is 14.3 Å². The molecule has 0 fully saturated rings. The van der Waals surface area contributed by atoms with Crippen LogP contribution in [0.25, 0.3) is 0 Å². The van der Waals surface area contributed by atoms with Gasteiger partial charge in [-0.3, -0.25) is 13.8 Å². The molecule has 0 saturated carbocycles. The first-order chi connectivity index (χ1) is 17.9. The number of benzene rings is 3. The van der Waals surface area contributed by atoms with Crippen molar-refractivity contribution in [2.45, 2.75) is 37.3 Å². The number of amides is 1. The van der Waals surface area contributed by atoms with Gasteiger partial charge in [0.05, 0.1) is 22.4 Å². The summed E-state index contributed by atoms with van der Waals surface area (Å²) in [6.07, 6.45) is -3.65. The lowest BCUT2D eigenvalue weighted by atomic mass is 9.87. The first-order valence-corrected chi connectivity index (χ1v) is 14.9. The number of carbonyl (C=O) groups excluding carboxylic acids is 1. The van der Waals surface area contributed by atoms with Crippen LogP contribution in [0.3, 0.4) is 0 Å². The van der Waals surface area contributed by atoms with Crippen molar-refractivity contribution < 1.29 is 34.8 Å². The fraction of sp³-hybridized carbons (Fsp3) is 0.269. The number of sulfonamides is 2. The fourth-order valence-electron chi connectivity index (χ4n) is 3.55. The minimum atomic E-state index is -4.64. The van der Waals surface area contributed by atoms with Crippen molar-refractivity contribution in [1.82, 2.24) is 0 Å². The number of nitrogens with one attached hydrogen (secondary N) is 2. The van der Waals surface area contributed by atoms with Crippen molar-refractivity contribution in [2.75, 3.05) is 27.1 Å². The normalized spacial score (nSPS) is 12.6. The van der Waals surface area contributed by atoms with E-state index in [1.165, 1.54) is 18.2 Å². The standard InChI is InChI=1S/C26H28F3N3O5S2/c1-25(2,3)18-8-12-22(13-9-18)32(38(4,34)35)17-24(33)30-20-10-14-23(15-11-20)39(36,37)31-21-7-5-6-19(16-21)26(27,28)29/h5-16,31H,17H2,1-4H3,(H,30,33). The van der Waals surface area contributed by atoms with Crippen molar-refractivity contribution in [3.63, 3.8) is 0 Å². The van der Waals surface area contributed by atoms with Gasteiger partial charge in [-0.1, -0.05) is 39.0 Å². The van der Waals surface area contributed by atoms with Crippen molar-refractivity contribution in [2.24, 2.45) is 0 Å². The summed E-state index contributed by atoms with van der Waals surface area (Å²) in [7, 11) is -8.03. The lowest BCUT2D eigenvalue weighted by Crippen LogP contribution is -2.37. The maximum atomic E-state index is 12.9. The van der Waals surface area contributed by atoms with E-state index in [9.17, 15) is 34.8 Å². The quantitative estimate of drug-likeness (QED) is 0.378. The predicted octanol–water partition coefficient (Wildman–Crippen LogP) is 5.21. The van der Waals surface area contributed by atoms with E-state index >= 15 is 0 Å². The molecule has 3 rings (SSSR count). The topological polar surface area (TPSA) is 113 Å². The van der Waals surface area contributed by atoms with Crippen molar-refractivity contribution in [3.05, 3.63) is 83.9 Å². The highest BCUT2D eigenvalue weighted by atomic mass is 32.2. The number of carbonyl (C=O) groups is 1. The van der Waals surface area contributed by atoms with E-state index < -0.39 is 44.2 Å². The Kier molecular flexibility index (Phi) is 8.37. The summed E-state index contributed by atoms with van der Waals surface area (Å²) in [5, 5.41) is 2.52. The number of hydrogen-bond acceptors (Lipinski definition) is 5. The lowest BCUT2D eigenvalue weighted by molar-refractivity contribution is -0.137. The van der Waals surface area contributed by atoms with Crippen LogP contribution in [0.5, 0.6) is 0 Å². The van der Waals surface area contributed by atoms with E-state index in [1.54, 1.807) is 24.3 Å². The largest absolute Gasteiger partial charge is 0.416 e. The van der Waals surface area contributed by atoms with Gasteiger partial charge < -0.3 is 5.32 Å². The summed E-state index contributed by atoms with van der Waals surface area (Å²) in [5.74, 6) is -0.668. The molecule has 0 unspecified atom stereocenters. The number of nitrogens with zero attached hydrogens (tertiary/aromatic N) is 1. The molecule has 3 aromatic rings. The lowest BCUT2D eigenvalue weighted by Gasteiger charge is -2.24. The molecule has 2 N–H and O–H groups in total. The van der Waals surface area contributed by atoms with Crippen molar-refractivity contribution in [3.8, 4) is 0 Å². The molecule has 13 heteroatoms. The Hall–Kier alpha value is -3.58. The summed E-state index contributed by atoms with van der Waals surface area (Å²) in [6.45, 7) is 5.52. The maximum absolute atomic E-state index is 12.9. The molecule has 3 aromatic carbocycles. The van der Waals surface area contributed by atoms with Gasteiger partial charge in [-0.2, -0.15) is 13.2 Å². The van der Waals surface area contributed by atoms with Crippen LogP contribution in [0.15, 0.2) is 77.7 Å². The van der Waals surface area contributed by atoms with Gasteiger partial charge >= 0.3 is 6.18 Å². The molecular weight excluding hydrogens is 555 g/mol. The maximum Gasteiger partial charge on any atom is 0.416 e. The third-order valence-electron chi connectivity index (χ3n) is 5.60. The SMILES string of the molecule is CC(C)(C)c1ccc(N(CC(=O)Nc2ccc(S(=O)(=O)Nc3cccc(C(F)(F)F)c3)cc2)S(C)(=O)=O)cc1. The Morgan fingerprint density at radius 3 is 1.92 bits per heavy atom. The molecule has 0 aromatic heterocycles. The summed E-state index contributed by atoms with van der Waals surface area (Å²) < 4.78 is 91.9. The molecule has 0 bridgehead atoms. The van der Waals surface area contributed by atoms with E-state index in [0.29, 0.717) is 11.8 Å². The van der Waals surface area contributed by atoms with Gasteiger partial charge in [0.2, 0.25) is 15.9 Å². The molecule has 210 valence electrons. The third-order valence-corrected chi connectivity index (χ3v) is 8.14. The summed E-state index contributed by atoms with van der Waals surface area (Å²) >= 11 is 0. The molecule has 0 aliphatic rings. The second-order valence-electron chi connectivity index (χ2n) is 9.82. The summed E-state index contributed by atoms with van der Waals surface area (Å²) in [6, 6.07) is 15.5. The number of rotatable bonds is 8. The van der Waals surface area contributed by atoms with Gasteiger partial charge in [0, 0.05) is 11.4 Å². The monoisotopic (exact) mass is 583 g/mol. The Morgan fingerprint density at radius 1 is 0.821 bits per heavy atom. The molecule has 0 radical (unpaired) electrons. The van der Waals surface area contributed by atoms with E-state index in [4.69, 9.17) is 0 Å². The first-order valence-electron chi connectivity index (χ1n) is 11.5. The van der Waals surface area contributed by atoms with Gasteiger partial charge in [-0.25, -0.2) is 16.8 Å². The molecule has 0 heterocycles. The smallest absolute Gasteiger partial charge is 0.325 e. The van der Waals surface area contributed by atoms with Crippen molar-refractivity contribution >= 4 is 43.0 Å². The van der Waals surface area contributed by atoms with E-state index in [1.807, 2.05) is 20.8 Å². The third kappa shape index (κ3) is 7.96. The zero-order valence-electron chi connectivity index (χ0n) is 21.6. The molecule has 39 heavy (non-hydrogen) atoms. The van der Waals surface area contributed by atoms with E-state index in [-0.39, 0.29) is 21.7 Å². The highest BCUT2D eigenvalue weighted by Crippen LogP contribution is 2.31. The average Bonchev–Trinajstić information content (AvgIpc) is 2.81. The van der Waals surface area contributed by atoms with Crippen LogP contribution in [0, 0.1) is 0 Å². The Bertz CT molecular complexity index is 1550. The summed E-state index contributed by atoms with van der Waals surface area (Å²) in [4.78, 5) is 12.4. The van der Waals surface area contributed by atoms with Gasteiger partial charge in [0.25, 0.3) is 10.0 Å². The number of halogens is 3. The Labute approximate surface area is 226 Å². The minimum Gasteiger partial charge on any atom is -0.325 e. The van der Waals surface area contributed by atoms with Gasteiger partial charge in [0.15, 0.2) is 0 Å². The highest BCUT2D eigenvalue weighted by Gasteiger charge is 2.31. The zero-order valence-corrected chi connectivity index (χ0v) is 23.2. The molecule has 0 aliphatic heterocycles. The highest BCUT2D eigenvalue weighted by molar-refractivity contribution is 7.92. The van der Waals surface area contributed by atoms with Crippen molar-refractivity contribution in [1.29, 1.82) is 0 Å². The molecule has 0 spiro atoms. The zero-order chi connectivity index (χ0) is 29.2. The number of anilines is 3. The Balaban J connectivity index is 1.72. The van der Waals surface area contributed by atoms with Gasteiger partial charge in [0.1, 0.15) is 6.54 Å². The molecular formula is C26H28F3N3O5S2. The minimum absolute atomic E-state index is 0.145.